The predicted octanol–water partition coefficient (Wildman–Crippen LogP) is 4.93. The average Bonchev–Trinajstić information content (AvgIpc) is 2.91. The van der Waals surface area contributed by atoms with Gasteiger partial charge in [0.25, 0.3) is 0 Å². The molecule has 2 rings (SSSR count). The molecule has 0 saturated carbocycles. The van der Waals surface area contributed by atoms with Crippen LogP contribution in [0.25, 0.3) is 0 Å². The molecule has 1 atom stereocenters. The molecule has 1 aromatic heterocycles. The van der Waals surface area contributed by atoms with Crippen molar-refractivity contribution in [1.29, 1.82) is 0 Å². The van der Waals surface area contributed by atoms with Crippen molar-refractivity contribution in [3.05, 3.63) is 49.6 Å². The van der Waals surface area contributed by atoms with Crippen LogP contribution in [0.4, 0.5) is 0 Å². The van der Waals surface area contributed by atoms with E-state index in [1.807, 2.05) is 13.1 Å². The van der Waals surface area contributed by atoms with E-state index in [2.05, 4.69) is 24.4 Å². The van der Waals surface area contributed by atoms with Crippen LogP contribution < -0.4 is 10.1 Å². The lowest BCUT2D eigenvalue weighted by atomic mass is 10.1. The second kappa shape index (κ2) is 6.81. The Bertz CT molecular complexity index is 598. The molecule has 2 aromatic rings. The standard InChI is InChI=1S/C15H17Cl2NOS/c1-4-9-5-6-14(20-9)15(18-2)10-7-12(17)13(19-3)8-11(10)16/h5-8,15,18H,4H2,1-3H3. The summed E-state index contributed by atoms with van der Waals surface area (Å²) in [6.45, 7) is 2.15. The topological polar surface area (TPSA) is 21.3 Å². The van der Waals surface area contributed by atoms with Gasteiger partial charge in [0.2, 0.25) is 0 Å². The summed E-state index contributed by atoms with van der Waals surface area (Å²) in [5.41, 5.74) is 0.962. The number of benzene rings is 1. The van der Waals surface area contributed by atoms with E-state index in [1.165, 1.54) is 9.75 Å². The number of methoxy groups -OCH3 is 1. The van der Waals surface area contributed by atoms with Crippen LogP contribution in [0, 0.1) is 0 Å². The molecule has 1 unspecified atom stereocenters. The van der Waals surface area contributed by atoms with Gasteiger partial charge in [-0.05, 0) is 37.2 Å². The molecule has 0 bridgehead atoms. The van der Waals surface area contributed by atoms with Crippen LogP contribution in [-0.2, 0) is 6.42 Å². The van der Waals surface area contributed by atoms with Gasteiger partial charge in [0.05, 0.1) is 18.2 Å². The molecule has 0 radical (unpaired) electrons. The number of hydrogen-bond acceptors (Lipinski definition) is 3. The zero-order valence-corrected chi connectivity index (χ0v) is 14.0. The minimum absolute atomic E-state index is 0.0382. The van der Waals surface area contributed by atoms with Gasteiger partial charge < -0.3 is 10.1 Å². The highest BCUT2D eigenvalue weighted by Crippen LogP contribution is 2.37. The molecule has 0 fully saturated rings. The van der Waals surface area contributed by atoms with Gasteiger partial charge >= 0.3 is 0 Å². The summed E-state index contributed by atoms with van der Waals surface area (Å²) in [6, 6.07) is 7.96. The molecular weight excluding hydrogens is 313 g/mol. The normalized spacial score (nSPS) is 12.4. The van der Waals surface area contributed by atoms with Crippen molar-refractivity contribution in [2.24, 2.45) is 0 Å². The molecule has 1 N–H and O–H groups in total. The van der Waals surface area contributed by atoms with Crippen LogP contribution in [0.2, 0.25) is 10.0 Å². The molecule has 5 heteroatoms. The van der Waals surface area contributed by atoms with E-state index in [0.717, 1.165) is 12.0 Å². The Morgan fingerprint density at radius 1 is 1.25 bits per heavy atom. The maximum absolute atomic E-state index is 6.37. The number of hydrogen-bond donors (Lipinski definition) is 1. The van der Waals surface area contributed by atoms with Crippen LogP contribution in [0.3, 0.4) is 0 Å². The van der Waals surface area contributed by atoms with Gasteiger partial charge in [-0.25, -0.2) is 0 Å². The summed E-state index contributed by atoms with van der Waals surface area (Å²) < 4.78 is 5.19. The maximum Gasteiger partial charge on any atom is 0.138 e. The van der Waals surface area contributed by atoms with Gasteiger partial charge in [-0.15, -0.1) is 11.3 Å². The van der Waals surface area contributed by atoms with Crippen LogP contribution in [0.1, 0.15) is 28.3 Å². The van der Waals surface area contributed by atoms with Gasteiger partial charge in [0, 0.05) is 20.8 Å². The Kier molecular flexibility index (Phi) is 5.33. The first-order valence-electron chi connectivity index (χ1n) is 6.39. The van der Waals surface area contributed by atoms with Crippen molar-refractivity contribution >= 4 is 34.5 Å². The molecule has 0 saturated heterocycles. The van der Waals surface area contributed by atoms with Crippen molar-refractivity contribution in [3.63, 3.8) is 0 Å². The number of aryl methyl sites for hydroxylation is 1. The van der Waals surface area contributed by atoms with Crippen molar-refractivity contribution < 1.29 is 4.74 Å². The fourth-order valence-corrected chi connectivity index (χ4v) is 3.71. The first-order valence-corrected chi connectivity index (χ1v) is 7.96. The summed E-state index contributed by atoms with van der Waals surface area (Å²) in [6.07, 6.45) is 1.04. The lowest BCUT2D eigenvalue weighted by Crippen LogP contribution is -2.17. The van der Waals surface area contributed by atoms with Crippen LogP contribution in [0.5, 0.6) is 5.75 Å². The summed E-state index contributed by atoms with van der Waals surface area (Å²) >= 11 is 14.4. The predicted molar refractivity (Wildman–Crippen MR) is 87.6 cm³/mol. The van der Waals surface area contributed by atoms with Crippen molar-refractivity contribution in [2.45, 2.75) is 19.4 Å². The van der Waals surface area contributed by atoms with Crippen LogP contribution in [-0.4, -0.2) is 14.2 Å². The second-order valence-corrected chi connectivity index (χ2v) is 6.40. The lowest BCUT2D eigenvalue weighted by molar-refractivity contribution is 0.415. The smallest absolute Gasteiger partial charge is 0.138 e. The van der Waals surface area contributed by atoms with E-state index < -0.39 is 0 Å². The quantitative estimate of drug-likeness (QED) is 0.839. The molecule has 0 aliphatic heterocycles. The number of thiophene rings is 1. The first kappa shape index (κ1) is 15.6. The van der Waals surface area contributed by atoms with E-state index in [-0.39, 0.29) is 6.04 Å². The SMILES string of the molecule is CCc1ccc(C(NC)c2cc(Cl)c(OC)cc2Cl)s1. The van der Waals surface area contributed by atoms with E-state index in [0.29, 0.717) is 15.8 Å². The highest BCUT2D eigenvalue weighted by atomic mass is 35.5. The fourth-order valence-electron chi connectivity index (χ4n) is 2.11. The van der Waals surface area contributed by atoms with E-state index >= 15 is 0 Å². The Balaban J connectivity index is 2.43. The van der Waals surface area contributed by atoms with Crippen molar-refractivity contribution in [2.75, 3.05) is 14.2 Å². The van der Waals surface area contributed by atoms with Crippen molar-refractivity contribution in [1.82, 2.24) is 5.32 Å². The van der Waals surface area contributed by atoms with Crippen molar-refractivity contribution in [3.8, 4) is 5.75 Å². The average molecular weight is 330 g/mol. The third-order valence-electron chi connectivity index (χ3n) is 3.19. The third-order valence-corrected chi connectivity index (χ3v) is 5.10. The molecule has 1 heterocycles. The molecule has 0 amide bonds. The van der Waals surface area contributed by atoms with Gasteiger partial charge in [0.1, 0.15) is 5.75 Å². The monoisotopic (exact) mass is 329 g/mol. The van der Waals surface area contributed by atoms with E-state index in [4.69, 9.17) is 27.9 Å². The number of halogens is 2. The second-order valence-electron chi connectivity index (χ2n) is 4.39. The summed E-state index contributed by atoms with van der Waals surface area (Å²) in [7, 11) is 3.50. The minimum atomic E-state index is 0.0382. The summed E-state index contributed by atoms with van der Waals surface area (Å²) in [5.74, 6) is 0.593. The maximum atomic E-state index is 6.37. The molecule has 1 aromatic carbocycles. The first-order chi connectivity index (χ1) is 9.60. The Labute approximate surface area is 133 Å². The van der Waals surface area contributed by atoms with E-state index in [1.54, 1.807) is 24.5 Å². The van der Waals surface area contributed by atoms with Crippen LogP contribution >= 0.6 is 34.5 Å². The van der Waals surface area contributed by atoms with Gasteiger partial charge in [0.15, 0.2) is 0 Å². The summed E-state index contributed by atoms with van der Waals surface area (Å²) in [5, 5.41) is 4.52. The highest BCUT2D eigenvalue weighted by Gasteiger charge is 2.19. The van der Waals surface area contributed by atoms with Gasteiger partial charge in [-0.3, -0.25) is 0 Å². The third kappa shape index (κ3) is 3.12. The molecule has 2 nitrogen and oxygen atoms in total. The molecular formula is C15H17Cl2NOS. The zero-order valence-electron chi connectivity index (χ0n) is 11.7. The Hall–Kier alpha value is -0.740. The number of ether oxygens (including phenoxy) is 1. The molecule has 0 aliphatic carbocycles. The fraction of sp³-hybridized carbons (Fsp3) is 0.333. The Morgan fingerprint density at radius 3 is 2.55 bits per heavy atom. The minimum Gasteiger partial charge on any atom is -0.495 e. The van der Waals surface area contributed by atoms with Gasteiger partial charge in [-0.1, -0.05) is 30.1 Å². The molecule has 0 spiro atoms. The summed E-state index contributed by atoms with van der Waals surface area (Å²) in [4.78, 5) is 2.59. The number of rotatable bonds is 5. The largest absolute Gasteiger partial charge is 0.495 e. The highest BCUT2D eigenvalue weighted by molar-refractivity contribution is 7.12. The van der Waals surface area contributed by atoms with Crippen LogP contribution in [0.15, 0.2) is 24.3 Å². The number of nitrogens with one attached hydrogen (secondary N) is 1. The van der Waals surface area contributed by atoms with E-state index in [9.17, 15) is 0 Å². The zero-order chi connectivity index (χ0) is 14.7. The lowest BCUT2D eigenvalue weighted by Gasteiger charge is -2.18. The van der Waals surface area contributed by atoms with Gasteiger partial charge in [-0.2, -0.15) is 0 Å². The molecule has 20 heavy (non-hydrogen) atoms. The Morgan fingerprint density at radius 2 is 2.00 bits per heavy atom. The molecule has 0 aliphatic rings. The molecule has 108 valence electrons.